The molecule has 33 heavy (non-hydrogen) atoms. The molecular weight excluding hydrogens is 426 g/mol. The first kappa shape index (κ1) is 21.1. The molecule has 2 aromatic carbocycles. The highest BCUT2D eigenvalue weighted by atomic mass is 19.3. The van der Waals surface area contributed by atoms with Gasteiger partial charge < -0.3 is 14.6 Å². The van der Waals surface area contributed by atoms with E-state index >= 15 is 0 Å². The van der Waals surface area contributed by atoms with Crippen LogP contribution in [0.15, 0.2) is 60.8 Å². The fourth-order valence-corrected chi connectivity index (χ4v) is 4.30. The number of nitrogens with zero attached hydrogens (tertiary/aromatic N) is 3. The summed E-state index contributed by atoms with van der Waals surface area (Å²) in [6.45, 7) is 2.25. The number of alkyl halides is 2. The number of amides is 1. The van der Waals surface area contributed by atoms with Crippen LogP contribution in [-0.2, 0) is 4.79 Å². The molecule has 0 radical (unpaired) electrons. The summed E-state index contributed by atoms with van der Waals surface area (Å²) in [7, 11) is 0. The van der Waals surface area contributed by atoms with Crippen LogP contribution in [0.3, 0.4) is 0 Å². The Kier molecular flexibility index (Phi) is 5.50. The van der Waals surface area contributed by atoms with E-state index in [-0.39, 0.29) is 17.5 Å². The molecule has 1 saturated heterocycles. The molecule has 6 nitrogen and oxygen atoms in total. The van der Waals surface area contributed by atoms with Crippen molar-refractivity contribution >= 4 is 16.9 Å². The van der Waals surface area contributed by atoms with E-state index in [2.05, 4.69) is 15.0 Å². The molecule has 0 spiro atoms. The lowest BCUT2D eigenvalue weighted by atomic mass is 10.0. The van der Waals surface area contributed by atoms with Crippen molar-refractivity contribution in [2.75, 3.05) is 6.54 Å². The maximum Gasteiger partial charge on any atom is 0.263 e. The molecule has 3 heterocycles. The van der Waals surface area contributed by atoms with Crippen molar-refractivity contribution in [3.8, 4) is 23.0 Å². The normalized spacial score (nSPS) is 16.0. The minimum atomic E-state index is -2.54. The van der Waals surface area contributed by atoms with Gasteiger partial charge in [-0.3, -0.25) is 9.78 Å². The molecule has 1 atom stereocenters. The van der Waals surface area contributed by atoms with Gasteiger partial charge in [-0.1, -0.05) is 6.07 Å². The van der Waals surface area contributed by atoms with Gasteiger partial charge >= 0.3 is 0 Å². The molecule has 5 rings (SSSR count). The van der Waals surface area contributed by atoms with Gasteiger partial charge in [0.05, 0.1) is 17.1 Å². The summed E-state index contributed by atoms with van der Waals surface area (Å²) in [4.78, 5) is 26.4. The van der Waals surface area contributed by atoms with E-state index in [0.717, 1.165) is 23.9 Å². The predicted molar refractivity (Wildman–Crippen MR) is 120 cm³/mol. The van der Waals surface area contributed by atoms with Crippen LogP contribution in [0.4, 0.5) is 8.78 Å². The molecule has 168 valence electrons. The van der Waals surface area contributed by atoms with Gasteiger partial charge in [0.25, 0.3) is 6.43 Å². The molecule has 2 aromatic heterocycles. The molecule has 1 unspecified atom stereocenters. The summed E-state index contributed by atoms with van der Waals surface area (Å²) < 4.78 is 32.0. The van der Waals surface area contributed by atoms with Gasteiger partial charge in [-0.2, -0.15) is 0 Å². The highest BCUT2D eigenvalue weighted by Crippen LogP contribution is 2.41. The van der Waals surface area contributed by atoms with Crippen molar-refractivity contribution in [2.24, 2.45) is 0 Å². The summed E-state index contributed by atoms with van der Waals surface area (Å²) in [6, 6.07) is 15.0. The molecule has 0 saturated carbocycles. The quantitative estimate of drug-likeness (QED) is 0.404. The van der Waals surface area contributed by atoms with Crippen LogP contribution in [0.25, 0.3) is 22.6 Å². The smallest absolute Gasteiger partial charge is 0.263 e. The van der Waals surface area contributed by atoms with Crippen molar-refractivity contribution in [1.29, 1.82) is 0 Å². The number of carbonyl (C=O) groups is 1. The molecule has 1 aliphatic heterocycles. The Bertz CT molecular complexity index is 1290. The van der Waals surface area contributed by atoms with E-state index in [4.69, 9.17) is 4.74 Å². The molecule has 1 N–H and O–H groups in total. The predicted octanol–water partition coefficient (Wildman–Crippen LogP) is 6.04. The van der Waals surface area contributed by atoms with Crippen LogP contribution >= 0.6 is 0 Å². The highest BCUT2D eigenvalue weighted by Gasteiger charge is 2.31. The van der Waals surface area contributed by atoms with Gasteiger partial charge in [0.1, 0.15) is 17.2 Å². The van der Waals surface area contributed by atoms with E-state index in [1.54, 1.807) is 13.1 Å². The first-order valence-corrected chi connectivity index (χ1v) is 10.8. The summed E-state index contributed by atoms with van der Waals surface area (Å²) in [6.07, 6.45) is 0.872. The maximum absolute atomic E-state index is 12.9. The lowest BCUT2D eigenvalue weighted by molar-refractivity contribution is -0.129. The van der Waals surface area contributed by atoms with Crippen LogP contribution in [0.1, 0.15) is 43.4 Å². The summed E-state index contributed by atoms with van der Waals surface area (Å²) >= 11 is 0. The number of aromatic amines is 1. The fraction of sp³-hybridized carbons (Fsp3) is 0.240. The first-order chi connectivity index (χ1) is 16.0. The Hall–Kier alpha value is -3.81. The van der Waals surface area contributed by atoms with Crippen LogP contribution in [0.5, 0.6) is 11.5 Å². The zero-order valence-electron chi connectivity index (χ0n) is 18.0. The highest BCUT2D eigenvalue weighted by molar-refractivity contribution is 5.82. The largest absolute Gasteiger partial charge is 0.457 e. The number of hydrogen-bond donors (Lipinski definition) is 1. The van der Waals surface area contributed by atoms with E-state index in [0.29, 0.717) is 35.1 Å². The SMILES string of the molecule is CC(=O)N1CCCC1c1cc2[nH]c(-c3ccccn3)nc2cc1Oc1ccc(C(F)F)cc1. The summed E-state index contributed by atoms with van der Waals surface area (Å²) in [5.74, 6) is 1.62. The second-order valence-electron chi connectivity index (χ2n) is 8.05. The Morgan fingerprint density at radius 1 is 1.18 bits per heavy atom. The third kappa shape index (κ3) is 4.16. The second-order valence-corrected chi connectivity index (χ2v) is 8.05. The lowest BCUT2D eigenvalue weighted by Crippen LogP contribution is -2.28. The van der Waals surface area contributed by atoms with E-state index in [1.165, 1.54) is 24.3 Å². The molecule has 0 aliphatic carbocycles. The number of aromatic nitrogens is 3. The van der Waals surface area contributed by atoms with E-state index < -0.39 is 6.43 Å². The van der Waals surface area contributed by atoms with Gasteiger partial charge in [-0.25, -0.2) is 13.8 Å². The van der Waals surface area contributed by atoms with Crippen LogP contribution in [0.2, 0.25) is 0 Å². The van der Waals surface area contributed by atoms with Crippen molar-refractivity contribution in [3.05, 3.63) is 71.9 Å². The van der Waals surface area contributed by atoms with Gasteiger partial charge in [0, 0.05) is 36.9 Å². The van der Waals surface area contributed by atoms with Crippen molar-refractivity contribution < 1.29 is 18.3 Å². The molecular formula is C25H22F2N4O2. The minimum Gasteiger partial charge on any atom is -0.457 e. The zero-order chi connectivity index (χ0) is 22.9. The molecule has 8 heteroatoms. The third-order valence-corrected chi connectivity index (χ3v) is 5.90. The number of H-pyrrole nitrogens is 1. The van der Waals surface area contributed by atoms with Crippen LogP contribution < -0.4 is 4.74 Å². The molecule has 1 fully saturated rings. The molecule has 1 amide bonds. The van der Waals surface area contributed by atoms with Gasteiger partial charge in [-0.05, 0) is 55.3 Å². The Balaban J connectivity index is 1.59. The Labute approximate surface area is 189 Å². The average molecular weight is 448 g/mol. The molecule has 4 aromatic rings. The van der Waals surface area contributed by atoms with E-state index in [1.807, 2.05) is 35.2 Å². The number of imidazole rings is 1. The van der Waals surface area contributed by atoms with E-state index in [9.17, 15) is 13.6 Å². The fourth-order valence-electron chi connectivity index (χ4n) is 4.30. The number of likely N-dealkylation sites (tertiary alicyclic amines) is 1. The first-order valence-electron chi connectivity index (χ1n) is 10.8. The number of rotatable bonds is 5. The molecule has 1 aliphatic rings. The Morgan fingerprint density at radius 3 is 2.70 bits per heavy atom. The van der Waals surface area contributed by atoms with Crippen molar-refractivity contribution in [2.45, 2.75) is 32.2 Å². The van der Waals surface area contributed by atoms with Crippen LogP contribution in [-0.4, -0.2) is 32.3 Å². The van der Waals surface area contributed by atoms with Crippen molar-refractivity contribution in [1.82, 2.24) is 19.9 Å². The number of halogens is 2. The monoisotopic (exact) mass is 448 g/mol. The number of pyridine rings is 1. The molecule has 0 bridgehead atoms. The van der Waals surface area contributed by atoms with Gasteiger partial charge in [0.15, 0.2) is 5.82 Å². The number of fused-ring (bicyclic) bond motifs is 1. The van der Waals surface area contributed by atoms with Gasteiger partial charge in [-0.15, -0.1) is 0 Å². The lowest BCUT2D eigenvalue weighted by Gasteiger charge is -2.25. The van der Waals surface area contributed by atoms with Crippen LogP contribution in [0, 0.1) is 0 Å². The maximum atomic E-state index is 12.9. The number of hydrogen-bond acceptors (Lipinski definition) is 4. The standard InChI is InChI=1S/C25H22F2N4O2/c1-15(32)31-12-4-6-22(31)18-13-20-21(30-25(29-20)19-5-2-3-11-28-19)14-23(18)33-17-9-7-16(8-10-17)24(26)27/h2-3,5,7-11,13-14,22,24H,4,6,12H2,1H3,(H,29,30). The van der Waals surface area contributed by atoms with Gasteiger partial charge in [0.2, 0.25) is 5.91 Å². The Morgan fingerprint density at radius 2 is 2.00 bits per heavy atom. The minimum absolute atomic E-state index is 0.00335. The third-order valence-electron chi connectivity index (χ3n) is 5.90. The van der Waals surface area contributed by atoms with Crippen molar-refractivity contribution in [3.63, 3.8) is 0 Å². The topological polar surface area (TPSA) is 71.1 Å². The number of benzene rings is 2. The average Bonchev–Trinajstić information content (AvgIpc) is 3.46. The summed E-state index contributed by atoms with van der Waals surface area (Å²) in [5.41, 5.74) is 2.99. The number of nitrogens with one attached hydrogen (secondary N) is 1. The zero-order valence-corrected chi connectivity index (χ0v) is 18.0. The summed E-state index contributed by atoms with van der Waals surface area (Å²) in [5, 5.41) is 0. The second kappa shape index (κ2) is 8.61. The number of carbonyl (C=O) groups excluding carboxylic acids is 1. The number of ether oxygens (including phenoxy) is 1.